The first-order chi connectivity index (χ1) is 16.9. The molecule has 0 aliphatic carbocycles. The number of benzene rings is 4. The Balaban J connectivity index is 1.53. The average molecular weight is 489 g/mol. The maximum atomic E-state index is 14.0. The average Bonchev–Trinajstić information content (AvgIpc) is 2.86. The van der Waals surface area contributed by atoms with Crippen LogP contribution in [0.15, 0.2) is 53.4 Å². The Morgan fingerprint density at radius 1 is 0.829 bits per heavy atom. The van der Waals surface area contributed by atoms with Crippen molar-refractivity contribution in [3.63, 3.8) is 0 Å². The van der Waals surface area contributed by atoms with Gasteiger partial charge in [0.1, 0.15) is 0 Å². The number of carbonyl (C=O) groups is 1. The van der Waals surface area contributed by atoms with Crippen molar-refractivity contribution in [2.45, 2.75) is 74.5 Å². The van der Waals surface area contributed by atoms with Crippen molar-refractivity contribution in [1.29, 1.82) is 0 Å². The molecule has 5 rings (SSSR count). The minimum Gasteiger partial charge on any atom is -0.326 e. The first-order valence-corrected chi connectivity index (χ1v) is 14.1. The van der Waals surface area contributed by atoms with Gasteiger partial charge in [-0.1, -0.05) is 94.3 Å². The highest BCUT2D eigenvalue weighted by atomic mass is 32.2. The Morgan fingerprint density at radius 3 is 2.14 bits per heavy atom. The maximum Gasteiger partial charge on any atom is 0.254 e. The second kappa shape index (κ2) is 9.23. The van der Waals surface area contributed by atoms with E-state index in [2.05, 4.69) is 12.2 Å². The Morgan fingerprint density at radius 2 is 1.46 bits per heavy atom. The number of hydrogen-bond donors (Lipinski definition) is 1. The van der Waals surface area contributed by atoms with Gasteiger partial charge in [-0.05, 0) is 45.8 Å². The van der Waals surface area contributed by atoms with E-state index in [-0.39, 0.29) is 16.9 Å². The van der Waals surface area contributed by atoms with Crippen molar-refractivity contribution >= 4 is 54.3 Å². The fraction of sp³-hybridized carbons (Fsp3) is 0.379. The molecule has 1 N–H and O–H groups in total. The molecule has 0 saturated heterocycles. The molecule has 4 aromatic rings. The van der Waals surface area contributed by atoms with Crippen LogP contribution < -0.4 is 5.32 Å². The SMILES string of the molecule is CCCCCCCCCCC1([C]=O)NC(=O)c2cc3ccc4cccc5ccc(c2S1(=O)=O)c3c45. The summed E-state index contributed by atoms with van der Waals surface area (Å²) in [5.74, 6) is -0.539. The third-order valence-electron chi connectivity index (χ3n) is 7.43. The van der Waals surface area contributed by atoms with Crippen molar-refractivity contribution in [3.05, 3.63) is 54.1 Å². The summed E-state index contributed by atoms with van der Waals surface area (Å²) in [5.41, 5.74) is 0.0951. The van der Waals surface area contributed by atoms with E-state index in [0.29, 0.717) is 11.8 Å². The summed E-state index contributed by atoms with van der Waals surface area (Å²) < 4.78 is 28.0. The summed E-state index contributed by atoms with van der Waals surface area (Å²) in [6.45, 7) is 2.18. The van der Waals surface area contributed by atoms with Gasteiger partial charge in [-0.15, -0.1) is 0 Å². The van der Waals surface area contributed by atoms with E-state index in [0.717, 1.165) is 46.2 Å². The van der Waals surface area contributed by atoms with Crippen LogP contribution in [0.2, 0.25) is 0 Å². The van der Waals surface area contributed by atoms with Crippen LogP contribution in [0.25, 0.3) is 32.3 Å². The van der Waals surface area contributed by atoms with Gasteiger partial charge in [0.05, 0.1) is 10.5 Å². The molecule has 1 aliphatic heterocycles. The second-order valence-corrected chi connectivity index (χ2v) is 11.8. The van der Waals surface area contributed by atoms with Crippen molar-refractivity contribution in [3.8, 4) is 0 Å². The topological polar surface area (TPSA) is 80.3 Å². The van der Waals surface area contributed by atoms with E-state index in [4.69, 9.17) is 0 Å². The zero-order valence-corrected chi connectivity index (χ0v) is 20.8. The molecule has 0 bridgehead atoms. The van der Waals surface area contributed by atoms with Gasteiger partial charge in [0.25, 0.3) is 5.91 Å². The highest BCUT2D eigenvalue weighted by Gasteiger charge is 2.52. The molecule has 6 heteroatoms. The summed E-state index contributed by atoms with van der Waals surface area (Å²) in [5, 5.41) is 7.62. The second-order valence-electron chi connectivity index (χ2n) is 9.72. The standard InChI is InChI=1S/C29H30NO4S/c1-2-3-4-5-6-7-8-9-17-29(19-31)30-28(32)24-18-22-14-13-20-11-10-12-21-15-16-23(26(22)25(20)21)27(24)35(29,33)34/h10-16,18H,2-9,17H2,1H3,(H,30,32). The lowest BCUT2D eigenvalue weighted by Gasteiger charge is -2.34. The van der Waals surface area contributed by atoms with Crippen LogP contribution in [-0.4, -0.2) is 25.5 Å². The number of amides is 1. The lowest BCUT2D eigenvalue weighted by molar-refractivity contribution is 0.0927. The van der Waals surface area contributed by atoms with Crippen LogP contribution in [0, 0.1) is 0 Å². The van der Waals surface area contributed by atoms with Gasteiger partial charge in [0, 0.05) is 5.39 Å². The number of carbonyl (C=O) groups excluding carboxylic acids is 2. The number of fused-ring (bicyclic) bond motifs is 2. The van der Waals surface area contributed by atoms with Gasteiger partial charge in [-0.2, -0.15) is 0 Å². The van der Waals surface area contributed by atoms with E-state index in [1.807, 2.05) is 36.4 Å². The minimum atomic E-state index is -4.21. The highest BCUT2D eigenvalue weighted by molar-refractivity contribution is 7.94. The summed E-state index contributed by atoms with van der Waals surface area (Å²) in [6.07, 6.45) is 10.0. The molecule has 1 atom stereocenters. The van der Waals surface area contributed by atoms with Crippen LogP contribution in [-0.2, 0) is 14.6 Å². The molecule has 0 saturated carbocycles. The highest BCUT2D eigenvalue weighted by Crippen LogP contribution is 2.43. The minimum absolute atomic E-state index is 0.0287. The summed E-state index contributed by atoms with van der Waals surface area (Å²) in [7, 11) is -4.21. The smallest absolute Gasteiger partial charge is 0.254 e. The fourth-order valence-electron chi connectivity index (χ4n) is 5.57. The first-order valence-electron chi connectivity index (χ1n) is 12.6. The first kappa shape index (κ1) is 23.7. The molecule has 0 spiro atoms. The molecule has 1 aliphatic rings. The summed E-state index contributed by atoms with van der Waals surface area (Å²) in [6, 6.07) is 15.2. The Hall–Kier alpha value is -2.99. The molecule has 1 unspecified atom stereocenters. The molecule has 181 valence electrons. The number of nitrogens with one attached hydrogen (secondary N) is 1. The zero-order valence-electron chi connectivity index (χ0n) is 20.0. The van der Waals surface area contributed by atoms with Gasteiger partial charge < -0.3 is 5.32 Å². The van der Waals surface area contributed by atoms with Crippen LogP contribution >= 0.6 is 0 Å². The molecule has 5 nitrogen and oxygen atoms in total. The van der Waals surface area contributed by atoms with Gasteiger partial charge in [0.15, 0.2) is 0 Å². The van der Waals surface area contributed by atoms with Crippen molar-refractivity contribution in [1.82, 2.24) is 5.32 Å². The number of hydrogen-bond acceptors (Lipinski definition) is 4. The number of sulfone groups is 1. The van der Waals surface area contributed by atoms with Gasteiger partial charge in [0.2, 0.25) is 21.0 Å². The molecular formula is C29H30NO4S. The third-order valence-corrected chi connectivity index (χ3v) is 9.72. The van der Waals surface area contributed by atoms with Crippen molar-refractivity contribution in [2.24, 2.45) is 0 Å². The number of unbranched alkanes of at least 4 members (excludes halogenated alkanes) is 7. The Kier molecular flexibility index (Phi) is 6.26. The molecule has 4 aromatic carbocycles. The lowest BCUT2D eigenvalue weighted by atomic mass is 9.92. The zero-order chi connectivity index (χ0) is 24.6. The van der Waals surface area contributed by atoms with E-state index in [1.165, 1.54) is 25.7 Å². The van der Waals surface area contributed by atoms with Crippen LogP contribution in [0.5, 0.6) is 0 Å². The van der Waals surface area contributed by atoms with E-state index < -0.39 is 20.6 Å². The van der Waals surface area contributed by atoms with E-state index in [1.54, 1.807) is 18.4 Å². The van der Waals surface area contributed by atoms with Gasteiger partial charge >= 0.3 is 0 Å². The van der Waals surface area contributed by atoms with Crippen LogP contribution in [0.4, 0.5) is 0 Å². The maximum absolute atomic E-state index is 14.0. The molecule has 1 amide bonds. The predicted octanol–water partition coefficient (Wildman–Crippen LogP) is 6.44. The third kappa shape index (κ3) is 3.79. The van der Waals surface area contributed by atoms with E-state index in [9.17, 15) is 18.0 Å². The van der Waals surface area contributed by atoms with Gasteiger partial charge in [-0.25, -0.2) is 8.42 Å². The van der Waals surface area contributed by atoms with Crippen molar-refractivity contribution in [2.75, 3.05) is 0 Å². The van der Waals surface area contributed by atoms with Crippen LogP contribution in [0.3, 0.4) is 0 Å². The Labute approximate surface area is 206 Å². The molecule has 1 radical (unpaired) electrons. The molecule has 0 aromatic heterocycles. The quantitative estimate of drug-likeness (QED) is 0.206. The predicted molar refractivity (Wildman–Crippen MR) is 140 cm³/mol. The monoisotopic (exact) mass is 488 g/mol. The van der Waals surface area contributed by atoms with Gasteiger partial charge in [-0.3, -0.25) is 9.59 Å². The molecule has 0 fully saturated rings. The van der Waals surface area contributed by atoms with Crippen LogP contribution in [0.1, 0.15) is 75.1 Å². The number of rotatable bonds is 10. The normalized spacial score (nSPS) is 19.3. The Bertz CT molecular complexity index is 1510. The molecule has 35 heavy (non-hydrogen) atoms. The summed E-state index contributed by atoms with van der Waals surface area (Å²) in [4.78, 5) is 23.3. The summed E-state index contributed by atoms with van der Waals surface area (Å²) >= 11 is 0. The largest absolute Gasteiger partial charge is 0.326 e. The fourth-order valence-corrected chi connectivity index (χ4v) is 7.57. The molecular weight excluding hydrogens is 458 g/mol. The van der Waals surface area contributed by atoms with Crippen molar-refractivity contribution < 1.29 is 18.0 Å². The lowest BCUT2D eigenvalue weighted by Crippen LogP contribution is -2.59. The molecule has 1 heterocycles. The van der Waals surface area contributed by atoms with E-state index >= 15 is 0 Å².